The highest BCUT2D eigenvalue weighted by molar-refractivity contribution is 4.78. The van der Waals surface area contributed by atoms with Crippen LogP contribution >= 0.6 is 0 Å². The van der Waals surface area contributed by atoms with E-state index in [2.05, 4.69) is 12.2 Å². The van der Waals surface area contributed by atoms with Gasteiger partial charge in [0.05, 0.1) is 0 Å². The maximum absolute atomic E-state index is 3.90. The molecule has 18 heavy (non-hydrogen) atoms. The minimum absolute atomic E-state index is 0.842. The highest BCUT2D eigenvalue weighted by Gasteiger charge is 2.21. The zero-order valence-corrected chi connectivity index (χ0v) is 12.4. The Morgan fingerprint density at radius 1 is 0.778 bits per heavy atom. The van der Waals surface area contributed by atoms with Crippen molar-refractivity contribution in [1.82, 2.24) is 5.32 Å². The lowest BCUT2D eigenvalue weighted by Crippen LogP contribution is -2.37. The second-order valence-electron chi connectivity index (χ2n) is 6.76. The van der Waals surface area contributed by atoms with Crippen LogP contribution in [-0.4, -0.2) is 12.6 Å². The Kier molecular flexibility index (Phi) is 6.54. The van der Waals surface area contributed by atoms with E-state index in [0.29, 0.717) is 0 Å². The molecule has 0 aromatic carbocycles. The van der Waals surface area contributed by atoms with Crippen molar-refractivity contribution in [3.8, 4) is 0 Å². The first-order valence-corrected chi connectivity index (χ1v) is 8.62. The first-order valence-electron chi connectivity index (χ1n) is 8.62. The monoisotopic (exact) mass is 251 g/mol. The van der Waals surface area contributed by atoms with Crippen molar-refractivity contribution in [3.05, 3.63) is 0 Å². The van der Waals surface area contributed by atoms with Crippen molar-refractivity contribution in [3.63, 3.8) is 0 Å². The van der Waals surface area contributed by atoms with E-state index in [-0.39, 0.29) is 0 Å². The van der Waals surface area contributed by atoms with Gasteiger partial charge in [-0.1, -0.05) is 58.3 Å². The van der Waals surface area contributed by atoms with Crippen LogP contribution in [0, 0.1) is 11.8 Å². The van der Waals surface area contributed by atoms with Gasteiger partial charge in [-0.2, -0.15) is 0 Å². The van der Waals surface area contributed by atoms with Crippen molar-refractivity contribution < 1.29 is 0 Å². The van der Waals surface area contributed by atoms with E-state index in [1.807, 2.05) is 0 Å². The van der Waals surface area contributed by atoms with E-state index < -0.39 is 0 Å². The second kappa shape index (κ2) is 8.19. The van der Waals surface area contributed by atoms with Crippen LogP contribution in [-0.2, 0) is 0 Å². The lowest BCUT2D eigenvalue weighted by atomic mass is 9.83. The van der Waals surface area contributed by atoms with E-state index in [0.717, 1.165) is 17.9 Å². The molecule has 0 aromatic heterocycles. The van der Waals surface area contributed by atoms with Gasteiger partial charge in [-0.25, -0.2) is 0 Å². The van der Waals surface area contributed by atoms with Crippen molar-refractivity contribution in [2.45, 2.75) is 90.0 Å². The molecule has 1 N–H and O–H groups in total. The predicted molar refractivity (Wildman–Crippen MR) is 79.8 cm³/mol. The molecule has 0 bridgehead atoms. The summed E-state index contributed by atoms with van der Waals surface area (Å²) in [5.74, 6) is 1.99. The lowest BCUT2D eigenvalue weighted by molar-refractivity contribution is 0.259. The quantitative estimate of drug-likeness (QED) is 0.749. The van der Waals surface area contributed by atoms with Gasteiger partial charge in [0.2, 0.25) is 0 Å². The van der Waals surface area contributed by atoms with E-state index >= 15 is 0 Å². The van der Waals surface area contributed by atoms with Gasteiger partial charge >= 0.3 is 0 Å². The van der Waals surface area contributed by atoms with Crippen molar-refractivity contribution in [1.29, 1.82) is 0 Å². The van der Waals surface area contributed by atoms with Crippen LogP contribution in [0.5, 0.6) is 0 Å². The lowest BCUT2D eigenvalue weighted by Gasteiger charge is -2.31. The van der Waals surface area contributed by atoms with Crippen LogP contribution in [0.1, 0.15) is 84.0 Å². The summed E-state index contributed by atoms with van der Waals surface area (Å²) in [6.45, 7) is 3.67. The molecule has 106 valence electrons. The average molecular weight is 251 g/mol. The summed E-state index contributed by atoms with van der Waals surface area (Å²) in [5, 5.41) is 3.90. The molecule has 2 atom stereocenters. The summed E-state index contributed by atoms with van der Waals surface area (Å²) in [4.78, 5) is 0. The van der Waals surface area contributed by atoms with Crippen LogP contribution in [0.2, 0.25) is 0 Å². The molecule has 2 aliphatic carbocycles. The summed E-state index contributed by atoms with van der Waals surface area (Å²) in [6, 6.07) is 0.842. The molecule has 0 heterocycles. The molecule has 1 heteroatoms. The second-order valence-corrected chi connectivity index (χ2v) is 6.76. The Bertz CT molecular complexity index is 204. The Morgan fingerprint density at radius 2 is 1.44 bits per heavy atom. The standard InChI is InChI=1S/C17H33N/c1-2-15-11-8-12-17(13-15)18-14-16-9-6-4-3-5-7-10-16/h15-18H,2-14H2,1H3. The average Bonchev–Trinajstić information content (AvgIpc) is 2.38. The summed E-state index contributed by atoms with van der Waals surface area (Å²) in [5.41, 5.74) is 0. The number of hydrogen-bond acceptors (Lipinski definition) is 1. The molecule has 2 aliphatic rings. The summed E-state index contributed by atoms with van der Waals surface area (Å²) >= 11 is 0. The van der Waals surface area contributed by atoms with Crippen molar-refractivity contribution in [2.75, 3.05) is 6.54 Å². The van der Waals surface area contributed by atoms with Gasteiger partial charge < -0.3 is 5.32 Å². The van der Waals surface area contributed by atoms with Gasteiger partial charge in [-0.15, -0.1) is 0 Å². The van der Waals surface area contributed by atoms with Gasteiger partial charge in [-0.05, 0) is 44.1 Å². The third-order valence-corrected chi connectivity index (χ3v) is 5.28. The minimum Gasteiger partial charge on any atom is -0.314 e. The van der Waals surface area contributed by atoms with Gasteiger partial charge in [0.25, 0.3) is 0 Å². The molecular weight excluding hydrogens is 218 g/mol. The molecule has 2 saturated carbocycles. The first-order chi connectivity index (χ1) is 8.88. The maximum Gasteiger partial charge on any atom is 0.00698 e. The van der Waals surface area contributed by atoms with Crippen LogP contribution in [0.3, 0.4) is 0 Å². The smallest absolute Gasteiger partial charge is 0.00698 e. The highest BCUT2D eigenvalue weighted by Crippen LogP contribution is 2.27. The van der Waals surface area contributed by atoms with Crippen LogP contribution in [0.25, 0.3) is 0 Å². The van der Waals surface area contributed by atoms with Crippen molar-refractivity contribution >= 4 is 0 Å². The van der Waals surface area contributed by atoms with Crippen molar-refractivity contribution in [2.24, 2.45) is 11.8 Å². The van der Waals surface area contributed by atoms with Gasteiger partial charge in [-0.3, -0.25) is 0 Å². The van der Waals surface area contributed by atoms with Crippen LogP contribution < -0.4 is 5.32 Å². The largest absolute Gasteiger partial charge is 0.314 e. The van der Waals surface area contributed by atoms with E-state index in [1.165, 1.54) is 83.6 Å². The van der Waals surface area contributed by atoms with Gasteiger partial charge in [0, 0.05) is 6.04 Å². The Hall–Kier alpha value is -0.0400. The minimum atomic E-state index is 0.842. The summed E-state index contributed by atoms with van der Waals surface area (Å²) in [7, 11) is 0. The fourth-order valence-corrected chi connectivity index (χ4v) is 3.93. The molecule has 2 fully saturated rings. The number of hydrogen-bond donors (Lipinski definition) is 1. The van der Waals surface area contributed by atoms with Crippen LogP contribution in [0.15, 0.2) is 0 Å². The molecule has 0 aromatic rings. The third kappa shape index (κ3) is 4.91. The highest BCUT2D eigenvalue weighted by atomic mass is 14.9. The number of nitrogens with one attached hydrogen (secondary N) is 1. The van der Waals surface area contributed by atoms with Gasteiger partial charge in [0.1, 0.15) is 0 Å². The zero-order chi connectivity index (χ0) is 12.6. The SMILES string of the molecule is CCC1CCCC(NCC2CCCCCCC2)C1. The molecule has 0 saturated heterocycles. The Labute approximate surface area is 114 Å². The molecule has 0 aliphatic heterocycles. The molecule has 2 rings (SSSR count). The molecule has 2 unspecified atom stereocenters. The fourth-order valence-electron chi connectivity index (χ4n) is 3.93. The third-order valence-electron chi connectivity index (χ3n) is 5.28. The zero-order valence-electron chi connectivity index (χ0n) is 12.4. The normalized spacial score (nSPS) is 31.8. The first kappa shape index (κ1) is 14.4. The fraction of sp³-hybridized carbons (Fsp3) is 1.00. The van der Waals surface area contributed by atoms with E-state index in [1.54, 1.807) is 0 Å². The van der Waals surface area contributed by atoms with Crippen LogP contribution in [0.4, 0.5) is 0 Å². The molecule has 0 radical (unpaired) electrons. The topological polar surface area (TPSA) is 12.0 Å². The summed E-state index contributed by atoms with van der Waals surface area (Å²) in [6.07, 6.45) is 17.6. The maximum atomic E-state index is 3.90. The Morgan fingerprint density at radius 3 is 2.17 bits per heavy atom. The summed E-state index contributed by atoms with van der Waals surface area (Å²) < 4.78 is 0. The van der Waals surface area contributed by atoms with E-state index in [4.69, 9.17) is 0 Å². The molecule has 0 spiro atoms. The van der Waals surface area contributed by atoms with E-state index in [9.17, 15) is 0 Å². The number of rotatable bonds is 4. The van der Waals surface area contributed by atoms with Gasteiger partial charge in [0.15, 0.2) is 0 Å². The predicted octanol–water partition coefficient (Wildman–Crippen LogP) is 4.91. The molecule has 0 amide bonds. The molecular formula is C17H33N. The Balaban J connectivity index is 1.66. The molecule has 1 nitrogen and oxygen atoms in total.